The van der Waals surface area contributed by atoms with Gasteiger partial charge in [0.2, 0.25) is 5.56 Å². The molecule has 0 bridgehead atoms. The minimum absolute atomic E-state index is 0.0216. The number of hydrogen-bond acceptors (Lipinski definition) is 5. The molecule has 0 saturated carbocycles. The van der Waals surface area contributed by atoms with Crippen LogP contribution in [0.15, 0.2) is 23.1 Å². The van der Waals surface area contributed by atoms with E-state index >= 15 is 0 Å². The molecule has 0 aliphatic heterocycles. The minimum Gasteiger partial charge on any atom is -0.465 e. The predicted molar refractivity (Wildman–Crippen MR) is 71.4 cm³/mol. The van der Waals surface area contributed by atoms with E-state index in [1.54, 1.807) is 0 Å². The number of sulfone groups is 1. The Morgan fingerprint density at radius 2 is 1.95 bits per heavy atom. The molecular weight excluding hydrogens is 349 g/mol. The lowest BCUT2D eigenvalue weighted by atomic mass is 10.1. The van der Waals surface area contributed by atoms with Crippen LogP contribution < -0.4 is 0 Å². The van der Waals surface area contributed by atoms with Crippen molar-refractivity contribution in [3.63, 3.8) is 0 Å². The zero-order valence-corrected chi connectivity index (χ0v) is 13.1. The summed E-state index contributed by atoms with van der Waals surface area (Å²) >= 11 is 5.01. The number of methoxy groups -OCH3 is 1. The second kappa shape index (κ2) is 6.84. The Morgan fingerprint density at radius 3 is 2.41 bits per heavy atom. The summed E-state index contributed by atoms with van der Waals surface area (Å²) < 4.78 is 69.0. The standard InChI is InChI=1S/C12H12ClF3O5S/c1-20-10(17)7-3-4-9(22(2,18)19)8(5-7)6-21-11(13)12(14,15)16/h3-5,11H,6H2,1-2H3. The van der Waals surface area contributed by atoms with Gasteiger partial charge in [0.25, 0.3) is 0 Å². The number of carbonyl (C=O) groups excluding carboxylic acids is 1. The molecule has 0 heterocycles. The van der Waals surface area contributed by atoms with E-state index in [0.29, 0.717) is 0 Å². The van der Waals surface area contributed by atoms with Crippen LogP contribution in [0.1, 0.15) is 15.9 Å². The van der Waals surface area contributed by atoms with Crippen molar-refractivity contribution in [1.82, 2.24) is 0 Å². The van der Waals surface area contributed by atoms with Gasteiger partial charge in [-0.3, -0.25) is 0 Å². The first-order chi connectivity index (χ1) is 9.96. The SMILES string of the molecule is COC(=O)c1ccc(S(C)(=O)=O)c(COC(Cl)C(F)(F)F)c1. The van der Waals surface area contributed by atoms with Gasteiger partial charge in [0, 0.05) is 6.26 Å². The molecule has 0 amide bonds. The van der Waals surface area contributed by atoms with Gasteiger partial charge in [-0.2, -0.15) is 13.2 Å². The monoisotopic (exact) mass is 360 g/mol. The van der Waals surface area contributed by atoms with Crippen molar-refractivity contribution in [3.8, 4) is 0 Å². The minimum atomic E-state index is -4.80. The highest BCUT2D eigenvalue weighted by molar-refractivity contribution is 7.90. The fourth-order valence-corrected chi connectivity index (χ4v) is 2.53. The van der Waals surface area contributed by atoms with E-state index in [1.807, 2.05) is 0 Å². The van der Waals surface area contributed by atoms with Gasteiger partial charge < -0.3 is 9.47 Å². The molecule has 0 saturated heterocycles. The molecule has 1 aromatic rings. The summed E-state index contributed by atoms with van der Waals surface area (Å²) in [5.74, 6) is -0.764. The predicted octanol–water partition coefficient (Wildman–Crippen LogP) is 2.52. The second-order valence-electron chi connectivity index (χ2n) is 4.25. The van der Waals surface area contributed by atoms with Gasteiger partial charge in [0.1, 0.15) is 0 Å². The Hall–Kier alpha value is -1.32. The molecule has 1 rings (SSSR count). The molecule has 5 nitrogen and oxygen atoms in total. The first-order valence-electron chi connectivity index (χ1n) is 5.70. The number of ether oxygens (including phenoxy) is 2. The van der Waals surface area contributed by atoms with Gasteiger partial charge >= 0.3 is 12.1 Å². The highest BCUT2D eigenvalue weighted by atomic mass is 35.5. The molecule has 0 aromatic heterocycles. The summed E-state index contributed by atoms with van der Waals surface area (Å²) in [7, 11) is -2.61. The number of hydrogen-bond donors (Lipinski definition) is 0. The van der Waals surface area contributed by atoms with E-state index in [1.165, 1.54) is 6.07 Å². The molecular formula is C12H12ClF3O5S. The smallest absolute Gasteiger partial charge is 0.428 e. The molecule has 0 aliphatic rings. The average Bonchev–Trinajstić information content (AvgIpc) is 2.41. The highest BCUT2D eigenvalue weighted by Crippen LogP contribution is 2.28. The molecule has 0 spiro atoms. The number of esters is 1. The van der Waals surface area contributed by atoms with Crippen LogP contribution in [0, 0.1) is 0 Å². The van der Waals surface area contributed by atoms with E-state index in [2.05, 4.69) is 9.47 Å². The molecule has 0 aliphatic carbocycles. The van der Waals surface area contributed by atoms with E-state index in [0.717, 1.165) is 25.5 Å². The van der Waals surface area contributed by atoms with Gasteiger partial charge in [-0.15, -0.1) is 0 Å². The second-order valence-corrected chi connectivity index (χ2v) is 6.64. The lowest BCUT2D eigenvalue weighted by Gasteiger charge is -2.16. The van der Waals surface area contributed by atoms with E-state index in [9.17, 15) is 26.4 Å². The fourth-order valence-electron chi connectivity index (χ4n) is 1.56. The summed E-state index contributed by atoms with van der Waals surface area (Å²) in [6.45, 7) is -0.735. The summed E-state index contributed by atoms with van der Waals surface area (Å²) in [5, 5.41) is 0. The maximum absolute atomic E-state index is 12.3. The van der Waals surface area contributed by atoms with Crippen LogP contribution in [-0.4, -0.2) is 39.5 Å². The summed E-state index contributed by atoms with van der Waals surface area (Å²) in [6.07, 6.45) is -3.92. The molecule has 124 valence electrons. The summed E-state index contributed by atoms with van der Waals surface area (Å²) in [5.41, 5.74) is -2.74. The zero-order valence-electron chi connectivity index (χ0n) is 11.5. The van der Waals surface area contributed by atoms with Crippen LogP contribution in [-0.2, 0) is 25.9 Å². The topological polar surface area (TPSA) is 69.7 Å². The molecule has 1 atom stereocenters. The van der Waals surface area contributed by atoms with Crippen molar-refractivity contribution in [3.05, 3.63) is 29.3 Å². The molecule has 0 radical (unpaired) electrons. The Kier molecular flexibility index (Phi) is 5.82. The highest BCUT2D eigenvalue weighted by Gasteiger charge is 2.39. The Bertz CT molecular complexity index is 657. The van der Waals surface area contributed by atoms with Gasteiger partial charge in [0.05, 0.1) is 24.2 Å². The van der Waals surface area contributed by atoms with Gasteiger partial charge in [-0.05, 0) is 23.8 Å². The van der Waals surface area contributed by atoms with E-state index in [-0.39, 0.29) is 16.0 Å². The lowest BCUT2D eigenvalue weighted by molar-refractivity contribution is -0.194. The lowest BCUT2D eigenvalue weighted by Crippen LogP contribution is -2.26. The molecule has 0 N–H and O–H groups in total. The number of rotatable bonds is 5. The number of carbonyl (C=O) groups is 1. The van der Waals surface area contributed by atoms with Crippen molar-refractivity contribution in [1.29, 1.82) is 0 Å². The molecule has 1 unspecified atom stereocenters. The largest absolute Gasteiger partial charge is 0.465 e. The van der Waals surface area contributed by atoms with Gasteiger partial charge in [-0.1, -0.05) is 11.6 Å². The van der Waals surface area contributed by atoms with E-state index in [4.69, 9.17) is 11.6 Å². The molecule has 0 fully saturated rings. The van der Waals surface area contributed by atoms with Crippen LogP contribution in [0.5, 0.6) is 0 Å². The first-order valence-corrected chi connectivity index (χ1v) is 8.03. The zero-order chi connectivity index (χ0) is 17.1. The molecule has 10 heteroatoms. The van der Waals surface area contributed by atoms with Crippen molar-refractivity contribution in [2.75, 3.05) is 13.4 Å². The number of alkyl halides is 4. The van der Waals surface area contributed by atoms with E-state index < -0.39 is 34.2 Å². The van der Waals surface area contributed by atoms with Crippen molar-refractivity contribution in [2.45, 2.75) is 23.2 Å². The molecule has 22 heavy (non-hydrogen) atoms. The van der Waals surface area contributed by atoms with Gasteiger partial charge in [0.15, 0.2) is 9.84 Å². The fraction of sp³-hybridized carbons (Fsp3) is 0.417. The Labute approximate surface area is 129 Å². The normalized spacial score (nSPS) is 13.7. The Balaban J connectivity index is 3.15. The van der Waals surface area contributed by atoms with Crippen LogP contribution in [0.25, 0.3) is 0 Å². The molecule has 1 aromatic carbocycles. The third-order valence-electron chi connectivity index (χ3n) is 2.52. The maximum atomic E-state index is 12.3. The van der Waals surface area contributed by atoms with Crippen molar-refractivity contribution >= 4 is 27.4 Å². The van der Waals surface area contributed by atoms with Crippen molar-refractivity contribution < 1.29 is 35.9 Å². The summed E-state index contributed by atoms with van der Waals surface area (Å²) in [4.78, 5) is 11.1. The average molecular weight is 361 g/mol. The third-order valence-corrected chi connectivity index (χ3v) is 4.09. The Morgan fingerprint density at radius 1 is 1.36 bits per heavy atom. The van der Waals surface area contributed by atoms with Gasteiger partial charge in [-0.25, -0.2) is 13.2 Å². The number of halogens is 4. The number of benzene rings is 1. The van der Waals surface area contributed by atoms with Crippen LogP contribution in [0.4, 0.5) is 13.2 Å². The van der Waals surface area contributed by atoms with Crippen LogP contribution in [0.2, 0.25) is 0 Å². The van der Waals surface area contributed by atoms with Crippen molar-refractivity contribution in [2.24, 2.45) is 0 Å². The van der Waals surface area contributed by atoms with Crippen LogP contribution in [0.3, 0.4) is 0 Å². The third kappa shape index (κ3) is 4.85. The van der Waals surface area contributed by atoms with Crippen LogP contribution >= 0.6 is 11.6 Å². The quantitative estimate of drug-likeness (QED) is 0.596. The first kappa shape index (κ1) is 18.7. The maximum Gasteiger partial charge on any atom is 0.428 e. The summed E-state index contributed by atoms with van der Waals surface area (Å²) in [6, 6.07) is 3.37.